The molecule has 0 aromatic heterocycles. The molecule has 2 aromatic carbocycles. The summed E-state index contributed by atoms with van der Waals surface area (Å²) in [4.78, 5) is 10.3. The number of nitrogens with zero attached hydrogens (tertiary/aromatic N) is 1. The lowest BCUT2D eigenvalue weighted by Crippen LogP contribution is -2.04. The maximum Gasteiger partial charge on any atom is 0.273 e. The quantitative estimate of drug-likeness (QED) is 0.671. The molecule has 0 amide bonds. The molecule has 0 spiro atoms. The smallest absolute Gasteiger partial charge is 0.273 e. The molecule has 0 unspecified atom stereocenters. The van der Waals surface area contributed by atoms with Gasteiger partial charge in [0.2, 0.25) is 0 Å². The maximum atomic E-state index is 10.8. The van der Waals surface area contributed by atoms with Crippen LogP contribution in [0.15, 0.2) is 46.9 Å². The van der Waals surface area contributed by atoms with Crippen molar-refractivity contribution in [2.24, 2.45) is 5.73 Å². The van der Waals surface area contributed by atoms with Crippen LogP contribution in [-0.2, 0) is 0 Å². The van der Waals surface area contributed by atoms with E-state index in [1.54, 1.807) is 18.2 Å². The van der Waals surface area contributed by atoms with Gasteiger partial charge in [0.25, 0.3) is 5.69 Å². The fourth-order valence-electron chi connectivity index (χ4n) is 1.65. The van der Waals surface area contributed by atoms with E-state index in [0.717, 1.165) is 5.56 Å². The van der Waals surface area contributed by atoms with Crippen LogP contribution in [0.25, 0.3) is 0 Å². The van der Waals surface area contributed by atoms with Crippen molar-refractivity contribution in [2.45, 2.75) is 13.0 Å². The minimum Gasteiger partial charge on any atom is -0.456 e. The second-order valence-electron chi connectivity index (χ2n) is 4.33. The Labute approximate surface area is 124 Å². The first kappa shape index (κ1) is 14.5. The van der Waals surface area contributed by atoms with Crippen molar-refractivity contribution in [1.29, 1.82) is 0 Å². The molecule has 0 aliphatic heterocycles. The highest BCUT2D eigenvalue weighted by Gasteiger charge is 2.11. The van der Waals surface area contributed by atoms with E-state index in [2.05, 4.69) is 15.9 Å². The standard InChI is InChI=1S/C14H13BrN2O3/c1-9(16)10-2-5-12(6-3-10)20-14-8-11(17(18)19)4-7-13(14)15/h2-9H,16H2,1H3/t9-/m0/s1. The maximum absolute atomic E-state index is 10.8. The van der Waals surface area contributed by atoms with Gasteiger partial charge in [0.1, 0.15) is 11.5 Å². The number of halogens is 1. The Hall–Kier alpha value is -1.92. The van der Waals surface area contributed by atoms with Gasteiger partial charge in [-0.25, -0.2) is 0 Å². The van der Waals surface area contributed by atoms with Gasteiger partial charge in [-0.1, -0.05) is 12.1 Å². The van der Waals surface area contributed by atoms with Crippen LogP contribution >= 0.6 is 15.9 Å². The van der Waals surface area contributed by atoms with Crippen molar-refractivity contribution in [3.63, 3.8) is 0 Å². The number of non-ortho nitro benzene ring substituents is 1. The third kappa shape index (κ3) is 3.34. The molecule has 5 nitrogen and oxygen atoms in total. The minimum atomic E-state index is -0.460. The molecule has 0 saturated carbocycles. The van der Waals surface area contributed by atoms with E-state index in [1.165, 1.54) is 12.1 Å². The van der Waals surface area contributed by atoms with E-state index in [4.69, 9.17) is 10.5 Å². The van der Waals surface area contributed by atoms with Crippen LogP contribution in [-0.4, -0.2) is 4.92 Å². The molecule has 0 aliphatic carbocycles. The van der Waals surface area contributed by atoms with Gasteiger partial charge in [0.05, 0.1) is 15.5 Å². The molecule has 0 aliphatic rings. The molecule has 1 atom stereocenters. The fourth-order valence-corrected chi connectivity index (χ4v) is 1.98. The van der Waals surface area contributed by atoms with E-state index in [0.29, 0.717) is 16.0 Å². The lowest BCUT2D eigenvalue weighted by atomic mass is 10.1. The SMILES string of the molecule is C[C@H](N)c1ccc(Oc2cc([N+](=O)[O-])ccc2Br)cc1. The largest absolute Gasteiger partial charge is 0.456 e. The van der Waals surface area contributed by atoms with Crippen LogP contribution in [0.4, 0.5) is 5.69 Å². The Morgan fingerprint density at radius 3 is 2.45 bits per heavy atom. The van der Waals surface area contributed by atoms with Gasteiger partial charge in [0, 0.05) is 12.1 Å². The number of nitro benzene ring substituents is 1. The molecule has 0 fully saturated rings. The second kappa shape index (κ2) is 6.02. The predicted molar refractivity (Wildman–Crippen MR) is 79.9 cm³/mol. The molecule has 0 radical (unpaired) electrons. The summed E-state index contributed by atoms with van der Waals surface area (Å²) < 4.78 is 6.29. The first-order chi connectivity index (χ1) is 9.47. The van der Waals surface area contributed by atoms with Gasteiger partial charge in [-0.05, 0) is 46.6 Å². The van der Waals surface area contributed by atoms with Crippen molar-refractivity contribution in [1.82, 2.24) is 0 Å². The van der Waals surface area contributed by atoms with Gasteiger partial charge in [-0.3, -0.25) is 10.1 Å². The normalized spacial score (nSPS) is 11.9. The van der Waals surface area contributed by atoms with Crippen molar-refractivity contribution in [3.8, 4) is 11.5 Å². The van der Waals surface area contributed by atoms with E-state index >= 15 is 0 Å². The zero-order valence-corrected chi connectivity index (χ0v) is 12.3. The molecule has 0 saturated heterocycles. The lowest BCUT2D eigenvalue weighted by Gasteiger charge is -2.09. The summed E-state index contributed by atoms with van der Waals surface area (Å²) in [5.41, 5.74) is 6.75. The van der Waals surface area contributed by atoms with Gasteiger partial charge in [-0.2, -0.15) is 0 Å². The van der Waals surface area contributed by atoms with Crippen LogP contribution in [0.5, 0.6) is 11.5 Å². The van der Waals surface area contributed by atoms with E-state index in [9.17, 15) is 10.1 Å². The molecular weight excluding hydrogens is 324 g/mol. The molecule has 2 rings (SSSR count). The highest BCUT2D eigenvalue weighted by atomic mass is 79.9. The first-order valence-corrected chi connectivity index (χ1v) is 6.74. The average Bonchev–Trinajstić information content (AvgIpc) is 2.41. The summed E-state index contributed by atoms with van der Waals surface area (Å²) in [6.45, 7) is 1.90. The Morgan fingerprint density at radius 2 is 1.90 bits per heavy atom. The molecule has 2 aromatic rings. The van der Waals surface area contributed by atoms with Crippen molar-refractivity contribution >= 4 is 21.6 Å². The number of rotatable bonds is 4. The Morgan fingerprint density at radius 1 is 1.25 bits per heavy atom. The monoisotopic (exact) mass is 336 g/mol. The predicted octanol–water partition coefficient (Wildman–Crippen LogP) is 4.17. The van der Waals surface area contributed by atoms with E-state index in [1.807, 2.05) is 19.1 Å². The highest BCUT2D eigenvalue weighted by molar-refractivity contribution is 9.10. The average molecular weight is 337 g/mol. The Balaban J connectivity index is 2.25. The van der Waals surface area contributed by atoms with E-state index in [-0.39, 0.29) is 11.7 Å². The molecule has 6 heteroatoms. The molecule has 2 N–H and O–H groups in total. The van der Waals surface area contributed by atoms with Crippen LogP contribution in [0, 0.1) is 10.1 Å². The van der Waals surface area contributed by atoms with Gasteiger partial charge in [-0.15, -0.1) is 0 Å². The number of nitrogens with two attached hydrogens (primary N) is 1. The minimum absolute atomic E-state index is 0.0181. The highest BCUT2D eigenvalue weighted by Crippen LogP contribution is 2.33. The summed E-state index contributed by atoms with van der Waals surface area (Å²) in [7, 11) is 0. The van der Waals surface area contributed by atoms with Gasteiger partial charge in [0.15, 0.2) is 0 Å². The third-order valence-corrected chi connectivity index (χ3v) is 3.41. The Kier molecular flexibility index (Phi) is 4.36. The summed E-state index contributed by atoms with van der Waals surface area (Å²) in [5.74, 6) is 0.989. The summed E-state index contributed by atoms with van der Waals surface area (Å²) >= 11 is 3.31. The van der Waals surface area contributed by atoms with Crippen LogP contribution in [0.1, 0.15) is 18.5 Å². The van der Waals surface area contributed by atoms with Crippen molar-refractivity contribution in [2.75, 3.05) is 0 Å². The van der Waals surface area contributed by atoms with Crippen LogP contribution in [0.3, 0.4) is 0 Å². The molecule has 104 valence electrons. The summed E-state index contributed by atoms with van der Waals surface area (Å²) in [6.07, 6.45) is 0. The number of hydrogen-bond donors (Lipinski definition) is 1. The molecule has 0 bridgehead atoms. The van der Waals surface area contributed by atoms with E-state index < -0.39 is 4.92 Å². The van der Waals surface area contributed by atoms with Crippen molar-refractivity contribution < 1.29 is 9.66 Å². The van der Waals surface area contributed by atoms with Gasteiger partial charge >= 0.3 is 0 Å². The van der Waals surface area contributed by atoms with Crippen LogP contribution in [0.2, 0.25) is 0 Å². The number of ether oxygens (including phenoxy) is 1. The lowest BCUT2D eigenvalue weighted by molar-refractivity contribution is -0.384. The first-order valence-electron chi connectivity index (χ1n) is 5.94. The topological polar surface area (TPSA) is 78.4 Å². The number of hydrogen-bond acceptors (Lipinski definition) is 4. The number of benzene rings is 2. The Bertz CT molecular complexity index is 627. The zero-order valence-electron chi connectivity index (χ0n) is 10.7. The van der Waals surface area contributed by atoms with Crippen molar-refractivity contribution in [3.05, 3.63) is 62.6 Å². The van der Waals surface area contributed by atoms with Gasteiger partial charge < -0.3 is 10.5 Å². The molecule has 0 heterocycles. The molecular formula is C14H13BrN2O3. The number of nitro groups is 1. The summed E-state index contributed by atoms with van der Waals surface area (Å²) in [5, 5.41) is 10.8. The zero-order chi connectivity index (χ0) is 14.7. The second-order valence-corrected chi connectivity index (χ2v) is 5.19. The molecule has 20 heavy (non-hydrogen) atoms. The summed E-state index contributed by atoms with van der Waals surface area (Å²) in [6, 6.07) is 11.6. The third-order valence-electron chi connectivity index (χ3n) is 2.76. The fraction of sp³-hybridized carbons (Fsp3) is 0.143. The van der Waals surface area contributed by atoms with Crippen LogP contribution < -0.4 is 10.5 Å².